The van der Waals surface area contributed by atoms with E-state index < -0.39 is 10.0 Å². The van der Waals surface area contributed by atoms with Crippen molar-refractivity contribution in [1.29, 1.82) is 0 Å². The van der Waals surface area contributed by atoms with Crippen LogP contribution >= 0.6 is 12.4 Å². The van der Waals surface area contributed by atoms with Gasteiger partial charge in [0.2, 0.25) is 10.0 Å². The van der Waals surface area contributed by atoms with E-state index in [9.17, 15) is 8.42 Å². The summed E-state index contributed by atoms with van der Waals surface area (Å²) in [6.45, 7) is 7.83. The van der Waals surface area contributed by atoms with E-state index in [1.165, 1.54) is 0 Å². The van der Waals surface area contributed by atoms with E-state index >= 15 is 0 Å². The first-order valence-corrected chi connectivity index (χ1v) is 9.20. The number of hydrogen-bond acceptors (Lipinski definition) is 4. The molecule has 1 aromatic rings. The second-order valence-corrected chi connectivity index (χ2v) is 8.11. The molecular formula is C16H27ClN2O3S. The molecule has 7 heteroatoms. The van der Waals surface area contributed by atoms with Gasteiger partial charge in [0.15, 0.2) is 0 Å². The predicted molar refractivity (Wildman–Crippen MR) is 95.0 cm³/mol. The van der Waals surface area contributed by atoms with Gasteiger partial charge in [-0.15, -0.1) is 12.4 Å². The predicted octanol–water partition coefficient (Wildman–Crippen LogP) is 2.43. The van der Waals surface area contributed by atoms with Crippen LogP contribution in [-0.4, -0.2) is 45.5 Å². The molecule has 1 heterocycles. The minimum absolute atomic E-state index is 0. The molecule has 1 aliphatic rings. The smallest absolute Gasteiger partial charge is 0.243 e. The maximum Gasteiger partial charge on any atom is 0.243 e. The molecule has 1 N–H and O–H groups in total. The molecule has 0 aliphatic carbocycles. The molecular weight excluding hydrogens is 336 g/mol. The second-order valence-electron chi connectivity index (χ2n) is 6.17. The summed E-state index contributed by atoms with van der Waals surface area (Å²) in [4.78, 5) is 0.353. The second kappa shape index (κ2) is 8.33. The molecule has 0 amide bonds. The van der Waals surface area contributed by atoms with Crippen LogP contribution in [0.25, 0.3) is 0 Å². The lowest BCUT2D eigenvalue weighted by Gasteiger charge is -2.18. The number of aryl methyl sites for hydroxylation is 1. The number of nitrogens with zero attached hydrogens (tertiary/aromatic N) is 1. The van der Waals surface area contributed by atoms with Crippen LogP contribution in [-0.2, 0) is 10.0 Å². The summed E-state index contributed by atoms with van der Waals surface area (Å²) in [6.07, 6.45) is 0.982. The van der Waals surface area contributed by atoms with Gasteiger partial charge in [0.25, 0.3) is 0 Å². The van der Waals surface area contributed by atoms with Crippen molar-refractivity contribution >= 4 is 22.4 Å². The third kappa shape index (κ3) is 4.83. The maximum atomic E-state index is 12.7. The van der Waals surface area contributed by atoms with E-state index in [0.29, 0.717) is 23.9 Å². The van der Waals surface area contributed by atoms with Crippen molar-refractivity contribution in [1.82, 2.24) is 9.62 Å². The molecule has 1 aliphatic heterocycles. The average molecular weight is 363 g/mol. The Morgan fingerprint density at radius 2 is 2.09 bits per heavy atom. The monoisotopic (exact) mass is 362 g/mol. The largest absolute Gasteiger partial charge is 0.491 e. The molecule has 0 spiro atoms. The molecule has 0 aromatic heterocycles. The summed E-state index contributed by atoms with van der Waals surface area (Å²) < 4.78 is 32.7. The molecule has 1 aromatic carbocycles. The molecule has 1 unspecified atom stereocenters. The first-order valence-electron chi connectivity index (χ1n) is 7.76. The Labute approximate surface area is 145 Å². The molecule has 23 heavy (non-hydrogen) atoms. The highest BCUT2D eigenvalue weighted by Gasteiger charge is 2.32. The van der Waals surface area contributed by atoms with Gasteiger partial charge in [-0.3, -0.25) is 0 Å². The molecule has 132 valence electrons. The van der Waals surface area contributed by atoms with Crippen molar-refractivity contribution in [2.45, 2.75) is 38.2 Å². The Bertz CT molecular complexity index is 620. The van der Waals surface area contributed by atoms with E-state index in [1.807, 2.05) is 27.8 Å². The minimum atomic E-state index is -3.41. The zero-order chi connectivity index (χ0) is 16.3. The van der Waals surface area contributed by atoms with Crippen molar-refractivity contribution in [3.05, 3.63) is 23.8 Å². The van der Waals surface area contributed by atoms with Crippen molar-refractivity contribution < 1.29 is 13.2 Å². The standard InChI is InChI=1S/C16H26N2O3S.ClH/c1-12(2)21-16-6-5-15(9-13(16)3)22(19,20)18-8-7-14(11-18)10-17-4;/h5-6,9,12,14,17H,7-8,10-11H2,1-4H3;1H. The summed E-state index contributed by atoms with van der Waals surface area (Å²) in [5.41, 5.74) is 0.848. The zero-order valence-corrected chi connectivity index (χ0v) is 15.8. The van der Waals surface area contributed by atoms with Crippen LogP contribution in [0.2, 0.25) is 0 Å². The van der Waals surface area contributed by atoms with E-state index in [-0.39, 0.29) is 18.5 Å². The van der Waals surface area contributed by atoms with E-state index in [1.54, 1.807) is 22.5 Å². The molecule has 0 radical (unpaired) electrons. The highest BCUT2D eigenvalue weighted by Crippen LogP contribution is 2.28. The third-order valence-corrected chi connectivity index (χ3v) is 5.75. The molecule has 2 rings (SSSR count). The minimum Gasteiger partial charge on any atom is -0.491 e. The SMILES string of the molecule is CNCC1CCN(S(=O)(=O)c2ccc(OC(C)C)c(C)c2)C1.Cl. The van der Waals surface area contributed by atoms with Crippen LogP contribution in [0.1, 0.15) is 25.8 Å². The number of ether oxygens (including phenoxy) is 1. The number of nitrogens with one attached hydrogen (secondary N) is 1. The number of benzene rings is 1. The van der Waals surface area contributed by atoms with Gasteiger partial charge in [-0.2, -0.15) is 4.31 Å². The van der Waals surface area contributed by atoms with Crippen molar-refractivity contribution in [3.63, 3.8) is 0 Å². The Balaban J connectivity index is 0.00000264. The Hall–Kier alpha value is -0.820. The zero-order valence-electron chi connectivity index (χ0n) is 14.2. The lowest BCUT2D eigenvalue weighted by Crippen LogP contribution is -2.30. The maximum absolute atomic E-state index is 12.7. The topological polar surface area (TPSA) is 58.6 Å². The van der Waals surface area contributed by atoms with E-state index in [0.717, 1.165) is 24.3 Å². The van der Waals surface area contributed by atoms with Gasteiger partial charge in [0, 0.05) is 13.1 Å². The summed E-state index contributed by atoms with van der Waals surface area (Å²) in [5, 5.41) is 3.12. The van der Waals surface area contributed by atoms with Gasteiger partial charge in [-0.25, -0.2) is 8.42 Å². The van der Waals surface area contributed by atoms with Crippen LogP contribution in [0.5, 0.6) is 5.75 Å². The third-order valence-electron chi connectivity index (χ3n) is 3.89. The number of halogens is 1. The fraction of sp³-hybridized carbons (Fsp3) is 0.625. The Kier molecular flexibility index (Phi) is 7.32. The molecule has 0 saturated carbocycles. The molecule has 5 nitrogen and oxygen atoms in total. The van der Waals surface area contributed by atoms with Crippen molar-refractivity contribution in [2.75, 3.05) is 26.7 Å². The highest BCUT2D eigenvalue weighted by atomic mass is 35.5. The van der Waals surface area contributed by atoms with Crippen LogP contribution in [0.3, 0.4) is 0 Å². The quantitative estimate of drug-likeness (QED) is 0.844. The van der Waals surface area contributed by atoms with Gasteiger partial charge in [-0.1, -0.05) is 0 Å². The average Bonchev–Trinajstić information content (AvgIpc) is 2.90. The summed E-state index contributed by atoms with van der Waals surface area (Å²) in [7, 11) is -1.51. The molecule has 1 atom stereocenters. The van der Waals surface area contributed by atoms with Crippen LogP contribution in [0.4, 0.5) is 0 Å². The number of sulfonamides is 1. The van der Waals surface area contributed by atoms with Gasteiger partial charge in [0.05, 0.1) is 11.0 Å². The number of hydrogen-bond donors (Lipinski definition) is 1. The normalized spacial score (nSPS) is 18.9. The van der Waals surface area contributed by atoms with Gasteiger partial charge in [-0.05, 0) is 70.5 Å². The fourth-order valence-electron chi connectivity index (χ4n) is 2.79. The molecule has 1 saturated heterocycles. The van der Waals surface area contributed by atoms with E-state index in [4.69, 9.17) is 4.74 Å². The summed E-state index contributed by atoms with van der Waals surface area (Å²) >= 11 is 0. The molecule has 1 fully saturated rings. The highest BCUT2D eigenvalue weighted by molar-refractivity contribution is 7.89. The van der Waals surface area contributed by atoms with E-state index in [2.05, 4.69) is 5.32 Å². The fourth-order valence-corrected chi connectivity index (χ4v) is 4.40. The first kappa shape index (κ1) is 20.2. The Morgan fingerprint density at radius 1 is 1.39 bits per heavy atom. The van der Waals surface area contributed by atoms with Crippen LogP contribution < -0.4 is 10.1 Å². The Morgan fingerprint density at radius 3 is 2.65 bits per heavy atom. The summed E-state index contributed by atoms with van der Waals surface area (Å²) in [5.74, 6) is 1.13. The number of rotatable bonds is 6. The lowest BCUT2D eigenvalue weighted by molar-refractivity contribution is 0.240. The summed E-state index contributed by atoms with van der Waals surface area (Å²) in [6, 6.07) is 5.10. The van der Waals surface area contributed by atoms with Gasteiger partial charge < -0.3 is 10.1 Å². The lowest BCUT2D eigenvalue weighted by atomic mass is 10.1. The van der Waals surface area contributed by atoms with Crippen LogP contribution in [0.15, 0.2) is 23.1 Å². The van der Waals surface area contributed by atoms with Crippen molar-refractivity contribution in [3.8, 4) is 5.75 Å². The van der Waals surface area contributed by atoms with Gasteiger partial charge in [0.1, 0.15) is 5.75 Å². The van der Waals surface area contributed by atoms with Gasteiger partial charge >= 0.3 is 0 Å². The van der Waals surface area contributed by atoms with Crippen LogP contribution in [0, 0.1) is 12.8 Å². The molecule has 0 bridgehead atoms. The van der Waals surface area contributed by atoms with Crippen molar-refractivity contribution in [2.24, 2.45) is 5.92 Å². The first-order chi connectivity index (χ1) is 10.3.